The molecule has 132 valence electrons. The normalized spacial score (nSPS) is 15.9. The van der Waals surface area contributed by atoms with E-state index in [2.05, 4.69) is 15.3 Å². The zero-order chi connectivity index (χ0) is 17.9. The van der Waals surface area contributed by atoms with Gasteiger partial charge < -0.3 is 20.1 Å². The lowest BCUT2D eigenvalue weighted by atomic mass is 10.1. The van der Waals surface area contributed by atoms with E-state index in [0.29, 0.717) is 31.7 Å². The number of carboxylic acid groups (broad SMARTS) is 1. The molecule has 1 aliphatic heterocycles. The van der Waals surface area contributed by atoms with Crippen LogP contribution in [0.5, 0.6) is 0 Å². The molecule has 0 unspecified atom stereocenters. The SMILES string of the molecule is CC(C)(C)OC(=O)N1CCC(Nc2cc(C(=O)O)nc(Cl)n2)CC1. The van der Waals surface area contributed by atoms with E-state index in [9.17, 15) is 9.59 Å². The number of aromatic nitrogens is 2. The van der Waals surface area contributed by atoms with Crippen molar-refractivity contribution in [2.45, 2.75) is 45.3 Å². The highest BCUT2D eigenvalue weighted by molar-refractivity contribution is 6.28. The Morgan fingerprint density at radius 1 is 1.33 bits per heavy atom. The molecule has 1 aliphatic rings. The van der Waals surface area contributed by atoms with Gasteiger partial charge in [0, 0.05) is 25.2 Å². The van der Waals surface area contributed by atoms with Crippen LogP contribution in [0.3, 0.4) is 0 Å². The molecule has 1 fully saturated rings. The summed E-state index contributed by atoms with van der Waals surface area (Å²) in [5, 5.41) is 12.0. The highest BCUT2D eigenvalue weighted by Gasteiger charge is 2.27. The van der Waals surface area contributed by atoms with E-state index in [1.165, 1.54) is 6.07 Å². The average molecular weight is 357 g/mol. The van der Waals surface area contributed by atoms with Gasteiger partial charge in [-0.3, -0.25) is 0 Å². The predicted molar refractivity (Wildman–Crippen MR) is 88.5 cm³/mol. The van der Waals surface area contributed by atoms with Crippen molar-refractivity contribution in [3.8, 4) is 0 Å². The van der Waals surface area contributed by atoms with Crippen molar-refractivity contribution in [3.63, 3.8) is 0 Å². The average Bonchev–Trinajstić information content (AvgIpc) is 2.45. The third-order valence-electron chi connectivity index (χ3n) is 3.42. The Morgan fingerprint density at radius 3 is 2.50 bits per heavy atom. The maximum Gasteiger partial charge on any atom is 0.410 e. The molecule has 0 bridgehead atoms. The lowest BCUT2D eigenvalue weighted by molar-refractivity contribution is 0.0210. The first-order chi connectivity index (χ1) is 11.1. The second-order valence-corrected chi connectivity index (χ2v) is 6.94. The number of halogens is 1. The van der Waals surface area contributed by atoms with Crippen LogP contribution >= 0.6 is 11.6 Å². The first kappa shape index (κ1) is 18.3. The van der Waals surface area contributed by atoms with Crippen LogP contribution in [0.4, 0.5) is 10.6 Å². The van der Waals surface area contributed by atoms with E-state index < -0.39 is 11.6 Å². The monoisotopic (exact) mass is 356 g/mol. The lowest BCUT2D eigenvalue weighted by Gasteiger charge is -2.33. The van der Waals surface area contributed by atoms with Gasteiger partial charge in [0.15, 0.2) is 5.69 Å². The number of carbonyl (C=O) groups excluding carboxylic acids is 1. The Labute approximate surface area is 145 Å². The molecule has 1 aromatic rings. The summed E-state index contributed by atoms with van der Waals surface area (Å²) >= 11 is 5.74. The number of ether oxygens (including phenoxy) is 1. The number of nitrogens with zero attached hydrogens (tertiary/aromatic N) is 3. The van der Waals surface area contributed by atoms with Crippen LogP contribution in [0.15, 0.2) is 6.07 Å². The van der Waals surface area contributed by atoms with E-state index >= 15 is 0 Å². The molecule has 2 rings (SSSR count). The van der Waals surface area contributed by atoms with E-state index in [0.717, 1.165) is 0 Å². The van der Waals surface area contributed by atoms with Crippen molar-refractivity contribution < 1.29 is 19.4 Å². The van der Waals surface area contributed by atoms with Crippen molar-refractivity contribution in [2.75, 3.05) is 18.4 Å². The van der Waals surface area contributed by atoms with Crippen LogP contribution in [0, 0.1) is 0 Å². The fourth-order valence-corrected chi connectivity index (χ4v) is 2.53. The van der Waals surface area contributed by atoms with Crippen LogP contribution < -0.4 is 5.32 Å². The Kier molecular flexibility index (Phi) is 5.48. The molecule has 9 heteroatoms. The standard InChI is InChI=1S/C15H21ClN4O4/c1-15(2,3)24-14(23)20-6-4-9(5-7-20)17-11-8-10(12(21)22)18-13(16)19-11/h8-9H,4-7H2,1-3H3,(H,21,22)(H,17,18,19). The van der Waals surface area contributed by atoms with E-state index in [-0.39, 0.29) is 23.1 Å². The molecular formula is C15H21ClN4O4. The first-order valence-corrected chi connectivity index (χ1v) is 8.04. The van der Waals surface area contributed by atoms with Crippen molar-refractivity contribution >= 4 is 29.5 Å². The number of aromatic carboxylic acids is 1. The molecule has 0 aromatic carbocycles. The highest BCUT2D eigenvalue weighted by atomic mass is 35.5. The minimum atomic E-state index is -1.16. The molecule has 0 spiro atoms. The number of anilines is 1. The molecule has 2 heterocycles. The maximum absolute atomic E-state index is 12.0. The summed E-state index contributed by atoms with van der Waals surface area (Å²) < 4.78 is 5.35. The van der Waals surface area contributed by atoms with Gasteiger partial charge in [0.1, 0.15) is 11.4 Å². The van der Waals surface area contributed by atoms with Gasteiger partial charge in [-0.1, -0.05) is 0 Å². The topological polar surface area (TPSA) is 105 Å². The number of carbonyl (C=O) groups is 2. The van der Waals surface area contributed by atoms with E-state index in [1.807, 2.05) is 20.8 Å². The summed E-state index contributed by atoms with van der Waals surface area (Å²) in [5.41, 5.74) is -0.680. The number of likely N-dealkylation sites (tertiary alicyclic amines) is 1. The van der Waals surface area contributed by atoms with Crippen LogP contribution in [0.1, 0.15) is 44.1 Å². The fourth-order valence-electron chi connectivity index (χ4n) is 2.34. The molecule has 0 aliphatic carbocycles. The predicted octanol–water partition coefficient (Wildman–Crippen LogP) is 2.64. The fraction of sp³-hybridized carbons (Fsp3) is 0.600. The first-order valence-electron chi connectivity index (χ1n) is 7.66. The van der Waals surface area contributed by atoms with Gasteiger partial charge >= 0.3 is 12.1 Å². The van der Waals surface area contributed by atoms with Crippen LogP contribution in [0.25, 0.3) is 0 Å². The van der Waals surface area contributed by atoms with Gasteiger partial charge in [0.2, 0.25) is 5.28 Å². The number of carboxylic acids is 1. The quantitative estimate of drug-likeness (QED) is 0.802. The van der Waals surface area contributed by atoms with Gasteiger partial charge in [-0.05, 0) is 45.2 Å². The molecule has 0 radical (unpaired) electrons. The van der Waals surface area contributed by atoms with Gasteiger partial charge in [-0.2, -0.15) is 0 Å². The van der Waals surface area contributed by atoms with Crippen molar-refractivity contribution in [2.24, 2.45) is 0 Å². The second-order valence-electron chi connectivity index (χ2n) is 6.60. The number of rotatable bonds is 3. The Hall–Kier alpha value is -2.09. The highest BCUT2D eigenvalue weighted by Crippen LogP contribution is 2.19. The van der Waals surface area contributed by atoms with Gasteiger partial charge in [-0.15, -0.1) is 0 Å². The van der Waals surface area contributed by atoms with Gasteiger partial charge in [0.05, 0.1) is 0 Å². The summed E-state index contributed by atoms with van der Waals surface area (Å²) in [7, 11) is 0. The maximum atomic E-state index is 12.0. The lowest BCUT2D eigenvalue weighted by Crippen LogP contribution is -2.44. The summed E-state index contributed by atoms with van der Waals surface area (Å²) in [6.07, 6.45) is 1.08. The molecule has 0 saturated carbocycles. The zero-order valence-corrected chi connectivity index (χ0v) is 14.6. The molecule has 2 N–H and O–H groups in total. The van der Waals surface area contributed by atoms with Crippen LogP contribution in [-0.4, -0.2) is 56.8 Å². The number of hydrogen-bond acceptors (Lipinski definition) is 6. The smallest absolute Gasteiger partial charge is 0.410 e. The number of hydrogen-bond donors (Lipinski definition) is 2. The molecular weight excluding hydrogens is 336 g/mol. The van der Waals surface area contributed by atoms with Crippen molar-refractivity contribution in [3.05, 3.63) is 17.0 Å². The van der Waals surface area contributed by atoms with E-state index in [4.69, 9.17) is 21.4 Å². The number of piperidine rings is 1. The Balaban J connectivity index is 1.92. The van der Waals surface area contributed by atoms with Gasteiger partial charge in [-0.25, -0.2) is 19.6 Å². The summed E-state index contributed by atoms with van der Waals surface area (Å²) in [4.78, 5) is 32.3. The van der Waals surface area contributed by atoms with Crippen LogP contribution in [0.2, 0.25) is 5.28 Å². The largest absolute Gasteiger partial charge is 0.477 e. The molecule has 1 amide bonds. The number of nitrogens with one attached hydrogen (secondary N) is 1. The van der Waals surface area contributed by atoms with Crippen molar-refractivity contribution in [1.29, 1.82) is 0 Å². The molecule has 8 nitrogen and oxygen atoms in total. The summed E-state index contributed by atoms with van der Waals surface area (Å²) in [6, 6.07) is 1.41. The zero-order valence-electron chi connectivity index (χ0n) is 13.9. The third kappa shape index (κ3) is 5.23. The third-order valence-corrected chi connectivity index (χ3v) is 3.59. The van der Waals surface area contributed by atoms with Crippen molar-refractivity contribution in [1.82, 2.24) is 14.9 Å². The Morgan fingerprint density at radius 2 is 1.96 bits per heavy atom. The summed E-state index contributed by atoms with van der Waals surface area (Å²) in [6.45, 7) is 6.60. The minimum Gasteiger partial charge on any atom is -0.477 e. The second kappa shape index (κ2) is 7.21. The summed E-state index contributed by atoms with van der Waals surface area (Å²) in [5.74, 6) is -0.801. The minimum absolute atomic E-state index is 0.0660. The molecule has 24 heavy (non-hydrogen) atoms. The molecule has 1 saturated heterocycles. The van der Waals surface area contributed by atoms with Gasteiger partial charge in [0.25, 0.3) is 0 Å². The molecule has 1 aromatic heterocycles. The van der Waals surface area contributed by atoms with E-state index in [1.54, 1.807) is 4.90 Å². The van der Waals surface area contributed by atoms with Crippen LogP contribution in [-0.2, 0) is 4.74 Å². The number of amides is 1. The molecule has 0 atom stereocenters. The Bertz CT molecular complexity index is 624.